The highest BCUT2D eigenvalue weighted by Crippen LogP contribution is 2.25. The molecule has 2 aromatic rings. The van der Waals surface area contributed by atoms with Crippen LogP contribution < -0.4 is 5.32 Å². The summed E-state index contributed by atoms with van der Waals surface area (Å²) < 4.78 is 3.19. The fourth-order valence-electron chi connectivity index (χ4n) is 1.89. The first-order valence-corrected chi connectivity index (χ1v) is 8.07. The molecule has 1 aromatic carbocycles. The predicted molar refractivity (Wildman–Crippen MR) is 84.5 cm³/mol. The Bertz CT molecular complexity index is 510. The second-order valence-corrected chi connectivity index (χ2v) is 6.28. The zero-order valence-electron chi connectivity index (χ0n) is 11.1. The van der Waals surface area contributed by atoms with Crippen molar-refractivity contribution in [3.63, 3.8) is 0 Å². The molecule has 0 radical (unpaired) electrons. The minimum absolute atomic E-state index is 0.277. The second-order valence-electron chi connectivity index (χ2n) is 4.27. The van der Waals surface area contributed by atoms with Gasteiger partial charge in [-0.05, 0) is 30.8 Å². The number of rotatable bonds is 6. The summed E-state index contributed by atoms with van der Waals surface area (Å²) in [5.74, 6) is 2.06. The molecular formula is C14H18BrN3S. The third-order valence-electron chi connectivity index (χ3n) is 2.85. The van der Waals surface area contributed by atoms with Gasteiger partial charge in [-0.2, -0.15) is 0 Å². The highest BCUT2D eigenvalue weighted by molar-refractivity contribution is 9.10. The molecule has 102 valence electrons. The highest BCUT2D eigenvalue weighted by atomic mass is 79.9. The maximum Gasteiger partial charge on any atom is 0.126 e. The molecule has 1 atom stereocenters. The van der Waals surface area contributed by atoms with Crippen molar-refractivity contribution in [3.05, 3.63) is 47.0 Å². The van der Waals surface area contributed by atoms with Gasteiger partial charge in [-0.15, -0.1) is 11.8 Å². The molecule has 1 heterocycles. The average Bonchev–Trinajstić information content (AvgIpc) is 2.83. The number of nitrogens with one attached hydrogen (secondary N) is 1. The number of halogens is 1. The quantitative estimate of drug-likeness (QED) is 0.815. The van der Waals surface area contributed by atoms with E-state index in [2.05, 4.69) is 62.0 Å². The Morgan fingerprint density at radius 2 is 2.11 bits per heavy atom. The SMILES string of the molecule is CCNC(CSc1ccc(Br)cc1)c1nccn1C. The van der Waals surface area contributed by atoms with Crippen molar-refractivity contribution in [2.45, 2.75) is 17.9 Å². The number of thioether (sulfide) groups is 1. The zero-order valence-corrected chi connectivity index (χ0v) is 13.5. The van der Waals surface area contributed by atoms with E-state index in [-0.39, 0.29) is 6.04 Å². The molecule has 0 saturated heterocycles. The van der Waals surface area contributed by atoms with Gasteiger partial charge in [0.2, 0.25) is 0 Å². The van der Waals surface area contributed by atoms with Gasteiger partial charge in [0.25, 0.3) is 0 Å². The van der Waals surface area contributed by atoms with E-state index >= 15 is 0 Å². The maximum atomic E-state index is 4.44. The normalized spacial score (nSPS) is 12.6. The van der Waals surface area contributed by atoms with Crippen molar-refractivity contribution < 1.29 is 0 Å². The van der Waals surface area contributed by atoms with Crippen molar-refractivity contribution in [3.8, 4) is 0 Å². The van der Waals surface area contributed by atoms with E-state index in [1.165, 1.54) is 4.90 Å². The topological polar surface area (TPSA) is 29.9 Å². The Morgan fingerprint density at radius 3 is 2.68 bits per heavy atom. The van der Waals surface area contributed by atoms with E-state index in [0.717, 1.165) is 22.6 Å². The lowest BCUT2D eigenvalue weighted by atomic mass is 10.3. The van der Waals surface area contributed by atoms with Crippen LogP contribution in [0.3, 0.4) is 0 Å². The lowest BCUT2D eigenvalue weighted by Gasteiger charge is -2.17. The predicted octanol–water partition coefficient (Wildman–Crippen LogP) is 3.63. The largest absolute Gasteiger partial charge is 0.337 e. The van der Waals surface area contributed by atoms with Gasteiger partial charge < -0.3 is 9.88 Å². The molecule has 0 aliphatic rings. The van der Waals surface area contributed by atoms with Gasteiger partial charge in [0.1, 0.15) is 5.82 Å². The summed E-state index contributed by atoms with van der Waals surface area (Å²) in [6.45, 7) is 3.07. The van der Waals surface area contributed by atoms with E-state index in [9.17, 15) is 0 Å². The van der Waals surface area contributed by atoms with E-state index in [0.29, 0.717) is 0 Å². The average molecular weight is 340 g/mol. The first-order chi connectivity index (χ1) is 9.20. The third kappa shape index (κ3) is 4.09. The van der Waals surface area contributed by atoms with Crippen LogP contribution in [-0.2, 0) is 7.05 Å². The number of hydrogen-bond donors (Lipinski definition) is 1. The molecule has 1 unspecified atom stereocenters. The van der Waals surface area contributed by atoms with Crippen LogP contribution in [-0.4, -0.2) is 21.8 Å². The molecule has 0 saturated carbocycles. The van der Waals surface area contributed by atoms with Gasteiger partial charge >= 0.3 is 0 Å². The van der Waals surface area contributed by atoms with Crippen LogP contribution in [0.2, 0.25) is 0 Å². The molecule has 0 aliphatic carbocycles. The molecule has 19 heavy (non-hydrogen) atoms. The lowest BCUT2D eigenvalue weighted by Crippen LogP contribution is -2.25. The monoisotopic (exact) mass is 339 g/mol. The maximum absolute atomic E-state index is 4.44. The Hall–Kier alpha value is -0.780. The van der Waals surface area contributed by atoms with Crippen molar-refractivity contribution >= 4 is 27.7 Å². The number of hydrogen-bond acceptors (Lipinski definition) is 3. The standard InChI is InChI=1S/C14H18BrN3S/c1-3-16-13(14-17-8-9-18(14)2)10-19-12-6-4-11(15)5-7-12/h4-9,13,16H,3,10H2,1-2H3. The van der Waals surface area contributed by atoms with Gasteiger partial charge in [0, 0.05) is 34.6 Å². The summed E-state index contributed by atoms with van der Waals surface area (Å²) in [6.07, 6.45) is 3.84. The molecule has 0 spiro atoms. The molecule has 0 bridgehead atoms. The Balaban J connectivity index is 2.01. The number of aryl methyl sites for hydroxylation is 1. The summed E-state index contributed by atoms with van der Waals surface area (Å²) >= 11 is 5.30. The Morgan fingerprint density at radius 1 is 1.37 bits per heavy atom. The summed E-state index contributed by atoms with van der Waals surface area (Å²) in [4.78, 5) is 5.72. The van der Waals surface area contributed by atoms with E-state index < -0.39 is 0 Å². The van der Waals surface area contributed by atoms with Crippen molar-refractivity contribution in [1.29, 1.82) is 0 Å². The number of aromatic nitrogens is 2. The molecule has 0 fully saturated rings. The second kappa shape index (κ2) is 7.12. The van der Waals surface area contributed by atoms with Crippen LogP contribution in [0.5, 0.6) is 0 Å². The third-order valence-corrected chi connectivity index (χ3v) is 4.49. The van der Waals surface area contributed by atoms with Crippen LogP contribution in [0.1, 0.15) is 18.8 Å². The zero-order chi connectivity index (χ0) is 13.7. The summed E-state index contributed by atoms with van der Waals surface area (Å²) in [5.41, 5.74) is 0. The number of imidazole rings is 1. The van der Waals surface area contributed by atoms with Gasteiger partial charge in [0.15, 0.2) is 0 Å². The van der Waals surface area contributed by atoms with Crippen molar-refractivity contribution in [2.24, 2.45) is 7.05 Å². The summed E-state index contributed by atoms with van der Waals surface area (Å²) in [5, 5.41) is 3.49. The first-order valence-electron chi connectivity index (χ1n) is 6.29. The van der Waals surface area contributed by atoms with Gasteiger partial charge in [0.05, 0.1) is 6.04 Å². The van der Waals surface area contributed by atoms with Crippen LogP contribution in [0.4, 0.5) is 0 Å². The minimum Gasteiger partial charge on any atom is -0.337 e. The van der Waals surface area contributed by atoms with Gasteiger partial charge in [-0.1, -0.05) is 22.9 Å². The Kier molecular flexibility index (Phi) is 5.48. The summed E-state index contributed by atoms with van der Waals surface area (Å²) in [7, 11) is 2.04. The molecular weight excluding hydrogens is 322 g/mol. The van der Waals surface area contributed by atoms with Crippen LogP contribution >= 0.6 is 27.7 Å². The molecule has 5 heteroatoms. The number of benzene rings is 1. The molecule has 1 aromatic heterocycles. The molecule has 3 nitrogen and oxygen atoms in total. The fraction of sp³-hybridized carbons (Fsp3) is 0.357. The highest BCUT2D eigenvalue weighted by Gasteiger charge is 2.14. The lowest BCUT2D eigenvalue weighted by molar-refractivity contribution is 0.555. The van der Waals surface area contributed by atoms with Crippen LogP contribution in [0, 0.1) is 0 Å². The smallest absolute Gasteiger partial charge is 0.126 e. The Labute approximate surface area is 126 Å². The molecule has 2 rings (SSSR count). The van der Waals surface area contributed by atoms with Crippen molar-refractivity contribution in [2.75, 3.05) is 12.3 Å². The molecule has 0 amide bonds. The molecule has 0 aliphatic heterocycles. The van der Waals surface area contributed by atoms with Crippen LogP contribution in [0.25, 0.3) is 0 Å². The van der Waals surface area contributed by atoms with E-state index in [4.69, 9.17) is 0 Å². The molecule has 1 N–H and O–H groups in total. The fourth-order valence-corrected chi connectivity index (χ4v) is 3.11. The first kappa shape index (κ1) is 14.6. The number of nitrogens with zero attached hydrogens (tertiary/aromatic N) is 2. The minimum atomic E-state index is 0.277. The summed E-state index contributed by atoms with van der Waals surface area (Å²) in [6, 6.07) is 8.70. The van der Waals surface area contributed by atoms with Crippen molar-refractivity contribution in [1.82, 2.24) is 14.9 Å². The van der Waals surface area contributed by atoms with Gasteiger partial charge in [-0.3, -0.25) is 0 Å². The van der Waals surface area contributed by atoms with Crippen LogP contribution in [0.15, 0.2) is 46.0 Å². The van der Waals surface area contributed by atoms with Gasteiger partial charge in [-0.25, -0.2) is 4.98 Å². The van der Waals surface area contributed by atoms with E-state index in [1.807, 2.05) is 31.2 Å². The van der Waals surface area contributed by atoms with E-state index in [1.54, 1.807) is 0 Å².